The summed E-state index contributed by atoms with van der Waals surface area (Å²) in [6.07, 6.45) is 1.54. The topological polar surface area (TPSA) is 64.4 Å². The fourth-order valence-electron chi connectivity index (χ4n) is 1.85. The lowest BCUT2D eigenvalue weighted by Crippen LogP contribution is -2.08. The van der Waals surface area contributed by atoms with Crippen LogP contribution in [0.5, 0.6) is 5.75 Å². The molecule has 1 aromatic carbocycles. The Kier molecular flexibility index (Phi) is 3.32. The van der Waals surface area contributed by atoms with E-state index in [1.165, 1.54) is 0 Å². The lowest BCUT2D eigenvalue weighted by molar-refractivity contribution is -0.136. The number of aromatic nitrogens is 2. The Labute approximate surface area is 105 Å². The van der Waals surface area contributed by atoms with Crippen LogP contribution in [0, 0.1) is 6.92 Å². The van der Waals surface area contributed by atoms with Crippen molar-refractivity contribution in [2.75, 3.05) is 7.11 Å². The average molecular weight is 246 g/mol. The van der Waals surface area contributed by atoms with Gasteiger partial charge in [0, 0.05) is 6.20 Å². The molecule has 0 amide bonds. The normalized spacial score (nSPS) is 10.3. The van der Waals surface area contributed by atoms with Crippen LogP contribution < -0.4 is 4.74 Å². The van der Waals surface area contributed by atoms with Gasteiger partial charge in [0.15, 0.2) is 0 Å². The van der Waals surface area contributed by atoms with E-state index in [0.717, 1.165) is 17.0 Å². The van der Waals surface area contributed by atoms with Crippen molar-refractivity contribution in [3.63, 3.8) is 0 Å². The van der Waals surface area contributed by atoms with E-state index in [4.69, 9.17) is 9.84 Å². The number of aryl methyl sites for hydroxylation is 1. The van der Waals surface area contributed by atoms with E-state index in [-0.39, 0.29) is 6.42 Å². The third-order valence-corrected chi connectivity index (χ3v) is 2.68. The molecule has 1 heterocycles. The second-order valence-electron chi connectivity index (χ2n) is 3.96. The summed E-state index contributed by atoms with van der Waals surface area (Å²) in [6, 6.07) is 7.31. The molecular formula is C13H14N2O3. The van der Waals surface area contributed by atoms with Gasteiger partial charge in [-0.2, -0.15) is 5.10 Å². The molecule has 1 N–H and O–H groups in total. The van der Waals surface area contributed by atoms with Gasteiger partial charge in [0.25, 0.3) is 0 Å². The molecule has 0 aliphatic carbocycles. The van der Waals surface area contributed by atoms with Gasteiger partial charge in [-0.1, -0.05) is 0 Å². The molecule has 2 aromatic rings. The monoisotopic (exact) mass is 246 g/mol. The van der Waals surface area contributed by atoms with E-state index in [9.17, 15) is 4.79 Å². The number of ether oxygens (including phenoxy) is 1. The summed E-state index contributed by atoms with van der Waals surface area (Å²) < 4.78 is 6.81. The standard InChI is InChI=1S/C13H14N2O3/c1-9-7-10(3-4-12(9)18-2)15-11(5-6-14-15)8-13(16)17/h3-7H,8H2,1-2H3,(H,16,17). The Balaban J connectivity index is 2.40. The summed E-state index contributed by atoms with van der Waals surface area (Å²) in [4.78, 5) is 10.8. The van der Waals surface area contributed by atoms with Crippen LogP contribution in [0.2, 0.25) is 0 Å². The maximum atomic E-state index is 10.8. The highest BCUT2D eigenvalue weighted by atomic mass is 16.5. The third kappa shape index (κ3) is 2.34. The molecule has 5 heteroatoms. The third-order valence-electron chi connectivity index (χ3n) is 2.68. The molecule has 0 saturated heterocycles. The summed E-state index contributed by atoms with van der Waals surface area (Å²) >= 11 is 0. The zero-order valence-corrected chi connectivity index (χ0v) is 10.3. The first-order chi connectivity index (χ1) is 8.61. The molecular weight excluding hydrogens is 232 g/mol. The molecule has 18 heavy (non-hydrogen) atoms. The molecule has 0 atom stereocenters. The van der Waals surface area contributed by atoms with E-state index in [1.807, 2.05) is 25.1 Å². The summed E-state index contributed by atoms with van der Waals surface area (Å²) in [7, 11) is 1.62. The molecule has 0 radical (unpaired) electrons. The molecule has 0 bridgehead atoms. The smallest absolute Gasteiger partial charge is 0.309 e. The molecule has 1 aromatic heterocycles. The van der Waals surface area contributed by atoms with Gasteiger partial charge < -0.3 is 9.84 Å². The van der Waals surface area contributed by atoms with Crippen molar-refractivity contribution in [1.82, 2.24) is 9.78 Å². The van der Waals surface area contributed by atoms with E-state index in [0.29, 0.717) is 5.69 Å². The van der Waals surface area contributed by atoms with Gasteiger partial charge in [-0.25, -0.2) is 4.68 Å². The Morgan fingerprint density at radius 3 is 2.83 bits per heavy atom. The number of benzene rings is 1. The largest absolute Gasteiger partial charge is 0.496 e. The molecule has 0 aliphatic heterocycles. The Morgan fingerprint density at radius 2 is 2.22 bits per heavy atom. The highest BCUT2D eigenvalue weighted by molar-refractivity contribution is 5.69. The number of nitrogens with zero attached hydrogens (tertiary/aromatic N) is 2. The van der Waals surface area contributed by atoms with Crippen molar-refractivity contribution < 1.29 is 14.6 Å². The first-order valence-electron chi connectivity index (χ1n) is 5.51. The first-order valence-corrected chi connectivity index (χ1v) is 5.51. The van der Waals surface area contributed by atoms with Crippen LogP contribution in [0.4, 0.5) is 0 Å². The number of carboxylic acid groups (broad SMARTS) is 1. The van der Waals surface area contributed by atoms with Gasteiger partial charge in [-0.3, -0.25) is 4.79 Å². The molecule has 0 saturated carbocycles. The molecule has 0 fully saturated rings. The molecule has 94 valence electrons. The van der Waals surface area contributed by atoms with Crippen LogP contribution in [0.15, 0.2) is 30.5 Å². The number of carbonyl (C=O) groups is 1. The van der Waals surface area contributed by atoms with E-state index in [1.54, 1.807) is 24.1 Å². The second kappa shape index (κ2) is 4.91. The summed E-state index contributed by atoms with van der Waals surface area (Å²) in [5.41, 5.74) is 2.45. The van der Waals surface area contributed by atoms with Crippen molar-refractivity contribution >= 4 is 5.97 Å². The Hall–Kier alpha value is -2.30. The minimum absolute atomic E-state index is 0.0505. The second-order valence-corrected chi connectivity index (χ2v) is 3.96. The maximum Gasteiger partial charge on any atom is 0.309 e. The zero-order chi connectivity index (χ0) is 13.1. The number of hydrogen-bond acceptors (Lipinski definition) is 3. The van der Waals surface area contributed by atoms with Crippen molar-refractivity contribution in [1.29, 1.82) is 0 Å². The predicted molar refractivity (Wildman–Crippen MR) is 66.2 cm³/mol. The molecule has 2 rings (SSSR count). The van der Waals surface area contributed by atoms with Gasteiger partial charge >= 0.3 is 5.97 Å². The quantitative estimate of drug-likeness (QED) is 0.893. The zero-order valence-electron chi connectivity index (χ0n) is 10.3. The lowest BCUT2D eigenvalue weighted by Gasteiger charge is -2.09. The SMILES string of the molecule is COc1ccc(-n2nccc2CC(=O)O)cc1C. The van der Waals surface area contributed by atoms with E-state index in [2.05, 4.69) is 5.10 Å². The highest BCUT2D eigenvalue weighted by Crippen LogP contribution is 2.21. The fourth-order valence-corrected chi connectivity index (χ4v) is 1.85. The van der Waals surface area contributed by atoms with Crippen molar-refractivity contribution in [3.8, 4) is 11.4 Å². The number of rotatable bonds is 4. The first kappa shape index (κ1) is 12.2. The number of hydrogen-bond donors (Lipinski definition) is 1. The number of methoxy groups -OCH3 is 1. The van der Waals surface area contributed by atoms with Crippen molar-refractivity contribution in [3.05, 3.63) is 41.7 Å². The molecule has 0 spiro atoms. The van der Waals surface area contributed by atoms with Crippen LogP contribution in [-0.4, -0.2) is 28.0 Å². The van der Waals surface area contributed by atoms with Crippen LogP contribution in [0.3, 0.4) is 0 Å². The van der Waals surface area contributed by atoms with E-state index < -0.39 is 5.97 Å². The minimum atomic E-state index is -0.873. The van der Waals surface area contributed by atoms with Gasteiger partial charge in [-0.05, 0) is 36.8 Å². The highest BCUT2D eigenvalue weighted by Gasteiger charge is 2.09. The molecule has 0 aliphatic rings. The summed E-state index contributed by atoms with van der Waals surface area (Å²) in [5, 5.41) is 13.0. The molecule has 0 unspecified atom stereocenters. The number of carboxylic acids is 1. The van der Waals surface area contributed by atoms with Crippen LogP contribution in [0.1, 0.15) is 11.3 Å². The van der Waals surface area contributed by atoms with Gasteiger partial charge in [0.05, 0.1) is 24.9 Å². The molecule has 5 nitrogen and oxygen atoms in total. The van der Waals surface area contributed by atoms with Crippen molar-refractivity contribution in [2.24, 2.45) is 0 Å². The summed E-state index contributed by atoms with van der Waals surface area (Å²) in [6.45, 7) is 1.93. The average Bonchev–Trinajstić information content (AvgIpc) is 2.76. The van der Waals surface area contributed by atoms with Crippen LogP contribution >= 0.6 is 0 Å². The summed E-state index contributed by atoms with van der Waals surface area (Å²) in [5.74, 6) is -0.0762. The van der Waals surface area contributed by atoms with Crippen molar-refractivity contribution in [2.45, 2.75) is 13.3 Å². The Morgan fingerprint density at radius 1 is 1.44 bits per heavy atom. The lowest BCUT2D eigenvalue weighted by atomic mass is 10.2. The predicted octanol–water partition coefficient (Wildman–Crippen LogP) is 1.82. The fraction of sp³-hybridized carbons (Fsp3) is 0.231. The maximum absolute atomic E-state index is 10.8. The Bertz CT molecular complexity index is 575. The van der Waals surface area contributed by atoms with E-state index >= 15 is 0 Å². The number of aliphatic carboxylic acids is 1. The van der Waals surface area contributed by atoms with Crippen LogP contribution in [0.25, 0.3) is 5.69 Å². The van der Waals surface area contributed by atoms with Gasteiger partial charge in [0.2, 0.25) is 0 Å². The van der Waals surface area contributed by atoms with Crippen LogP contribution in [-0.2, 0) is 11.2 Å². The minimum Gasteiger partial charge on any atom is -0.496 e. The van der Waals surface area contributed by atoms with Gasteiger partial charge in [-0.15, -0.1) is 0 Å². The van der Waals surface area contributed by atoms with Gasteiger partial charge in [0.1, 0.15) is 5.75 Å².